The number of benzene rings is 1. The molecule has 9 heteroatoms. The molecule has 0 saturated carbocycles. The molecule has 0 spiro atoms. The molecule has 0 aliphatic heterocycles. The molecule has 0 bridgehead atoms. The van der Waals surface area contributed by atoms with Gasteiger partial charge in [0.25, 0.3) is 0 Å². The summed E-state index contributed by atoms with van der Waals surface area (Å²) in [5, 5.41) is 6.21. The smallest absolute Gasteiger partial charge is 0.329 e. The van der Waals surface area contributed by atoms with Gasteiger partial charge in [-0.2, -0.15) is 18.2 Å². The molecule has 0 aliphatic carbocycles. The summed E-state index contributed by atoms with van der Waals surface area (Å²) in [6.07, 6.45) is -2.73. The quantitative estimate of drug-likeness (QED) is 0.634. The van der Waals surface area contributed by atoms with Crippen LogP contribution in [0.5, 0.6) is 0 Å². The van der Waals surface area contributed by atoms with E-state index in [4.69, 9.17) is 0 Å². The van der Waals surface area contributed by atoms with E-state index in [0.717, 1.165) is 5.56 Å². The normalized spacial score (nSPS) is 14.4. The van der Waals surface area contributed by atoms with Gasteiger partial charge in [-0.05, 0) is 5.56 Å². The van der Waals surface area contributed by atoms with Gasteiger partial charge in [-0.1, -0.05) is 35.5 Å². The van der Waals surface area contributed by atoms with Gasteiger partial charge in [0.15, 0.2) is 0 Å². The lowest BCUT2D eigenvalue weighted by molar-refractivity contribution is -0.159. The van der Waals surface area contributed by atoms with Gasteiger partial charge in [0.05, 0.1) is 0 Å². The number of hydrogen-bond acceptors (Lipinski definition) is 4. The minimum absolute atomic E-state index is 0.145. The van der Waals surface area contributed by atoms with Crippen LogP contribution in [0.1, 0.15) is 11.5 Å². The number of nitrogens with zero attached hydrogens (tertiary/aromatic N) is 2. The van der Waals surface area contributed by atoms with E-state index in [2.05, 4.69) is 26.3 Å². The summed E-state index contributed by atoms with van der Waals surface area (Å²) in [6, 6.07) is 6.47. The van der Waals surface area contributed by atoms with Crippen LogP contribution < -0.4 is 5.09 Å². The predicted octanol–water partition coefficient (Wildman–Crippen LogP) is 3.94. The molecule has 1 unspecified atom stereocenters. The highest BCUT2D eigenvalue weighted by atomic mass is 31.2. The molecule has 0 radical (unpaired) electrons. The maximum atomic E-state index is 12.4. The first-order valence-electron chi connectivity index (χ1n) is 6.64. The molecule has 0 amide bonds. The monoisotopic (exact) mass is 345 g/mol. The maximum Gasteiger partial charge on any atom is 0.471 e. The summed E-state index contributed by atoms with van der Waals surface area (Å²) in [4.78, 5) is 3.32. The van der Waals surface area contributed by atoms with Crippen molar-refractivity contribution in [2.45, 2.75) is 12.3 Å². The highest BCUT2D eigenvalue weighted by molar-refractivity contribution is 7.60. The number of hydrogen-bond donors (Lipinski definition) is 1. The number of rotatable bonds is 6. The Bertz CT molecular complexity index is 726. The molecule has 1 heterocycles. The maximum absolute atomic E-state index is 12.4. The fraction of sp³-hybridized carbons (Fsp3) is 0.286. The van der Waals surface area contributed by atoms with Crippen molar-refractivity contribution < 1.29 is 22.3 Å². The number of alkyl halides is 3. The topological polar surface area (TPSA) is 68.0 Å². The Morgan fingerprint density at radius 2 is 2.00 bits per heavy atom. The van der Waals surface area contributed by atoms with Gasteiger partial charge in [0.2, 0.25) is 5.82 Å². The average molecular weight is 345 g/mol. The molecule has 5 nitrogen and oxygen atoms in total. The van der Waals surface area contributed by atoms with Gasteiger partial charge in [-0.15, -0.1) is 6.58 Å². The average Bonchev–Trinajstić information content (AvgIpc) is 2.95. The van der Waals surface area contributed by atoms with Crippen molar-refractivity contribution in [3.8, 4) is 11.4 Å². The van der Waals surface area contributed by atoms with Crippen molar-refractivity contribution >= 4 is 7.29 Å². The van der Waals surface area contributed by atoms with Gasteiger partial charge in [0.1, 0.15) is 7.29 Å². The van der Waals surface area contributed by atoms with E-state index in [1.165, 1.54) is 0 Å². The van der Waals surface area contributed by atoms with E-state index in [1.807, 2.05) is 0 Å². The molecule has 0 fully saturated rings. The lowest BCUT2D eigenvalue weighted by Crippen LogP contribution is -2.10. The van der Waals surface area contributed by atoms with E-state index in [0.29, 0.717) is 18.3 Å². The Balaban J connectivity index is 2.12. The Labute approximate surface area is 131 Å². The minimum atomic E-state index is -4.67. The first-order valence-corrected chi connectivity index (χ1v) is 8.98. The number of aromatic nitrogens is 2. The molecule has 1 aromatic carbocycles. The van der Waals surface area contributed by atoms with Crippen molar-refractivity contribution in [3.05, 3.63) is 48.4 Å². The predicted molar refractivity (Wildman–Crippen MR) is 80.2 cm³/mol. The Morgan fingerprint density at radius 1 is 1.35 bits per heavy atom. The zero-order valence-corrected chi connectivity index (χ0v) is 13.2. The van der Waals surface area contributed by atoms with E-state index >= 15 is 0 Å². The SMILES string of the molecule is C=CCNP(C)(=O)Cc1ccc(-c2noc(C(F)(F)F)n2)cc1. The highest BCUT2D eigenvalue weighted by Crippen LogP contribution is 2.40. The summed E-state index contributed by atoms with van der Waals surface area (Å²) in [5.41, 5.74) is 1.17. The fourth-order valence-corrected chi connectivity index (χ4v) is 3.41. The fourth-order valence-electron chi connectivity index (χ4n) is 1.88. The van der Waals surface area contributed by atoms with E-state index < -0.39 is 19.4 Å². The van der Waals surface area contributed by atoms with E-state index in [1.54, 1.807) is 37.0 Å². The molecule has 0 aliphatic rings. The van der Waals surface area contributed by atoms with Crippen molar-refractivity contribution in [3.63, 3.8) is 0 Å². The second-order valence-electron chi connectivity index (χ2n) is 5.03. The molecule has 1 aromatic heterocycles. The van der Waals surface area contributed by atoms with Gasteiger partial charge in [-0.25, -0.2) is 0 Å². The molecular weight excluding hydrogens is 330 g/mol. The van der Waals surface area contributed by atoms with Crippen molar-refractivity contribution in [1.29, 1.82) is 0 Å². The lowest BCUT2D eigenvalue weighted by Gasteiger charge is -2.13. The van der Waals surface area contributed by atoms with Crippen LogP contribution in [0.25, 0.3) is 11.4 Å². The summed E-state index contributed by atoms with van der Waals surface area (Å²) >= 11 is 0. The van der Waals surface area contributed by atoms with Crippen LogP contribution in [0.15, 0.2) is 41.4 Å². The first kappa shape index (κ1) is 17.4. The largest absolute Gasteiger partial charge is 0.471 e. The van der Waals surface area contributed by atoms with E-state index in [-0.39, 0.29) is 5.82 Å². The molecule has 2 rings (SSSR count). The molecule has 124 valence electrons. The third-order valence-corrected chi connectivity index (χ3v) is 4.76. The van der Waals surface area contributed by atoms with Crippen molar-refractivity contribution in [2.24, 2.45) is 0 Å². The molecule has 2 aromatic rings. The van der Waals surface area contributed by atoms with Crippen LogP contribution in [0.2, 0.25) is 0 Å². The third-order valence-electron chi connectivity index (χ3n) is 2.94. The van der Waals surface area contributed by atoms with Gasteiger partial charge < -0.3 is 9.09 Å². The Hall–Kier alpha value is -1.92. The van der Waals surface area contributed by atoms with Crippen LogP contribution in [-0.2, 0) is 16.9 Å². The first-order chi connectivity index (χ1) is 10.7. The zero-order valence-electron chi connectivity index (χ0n) is 12.3. The minimum Gasteiger partial charge on any atom is -0.329 e. The zero-order chi connectivity index (χ0) is 17.1. The van der Waals surface area contributed by atoms with E-state index in [9.17, 15) is 17.7 Å². The van der Waals surface area contributed by atoms with Gasteiger partial charge in [-0.3, -0.25) is 5.09 Å². The summed E-state index contributed by atoms with van der Waals surface area (Å²) < 4.78 is 53.8. The molecule has 1 atom stereocenters. The molecule has 1 N–H and O–H groups in total. The van der Waals surface area contributed by atoms with Gasteiger partial charge >= 0.3 is 12.1 Å². The van der Waals surface area contributed by atoms with Crippen LogP contribution in [-0.4, -0.2) is 23.4 Å². The van der Waals surface area contributed by atoms with Gasteiger partial charge in [0, 0.05) is 24.9 Å². The van der Waals surface area contributed by atoms with Crippen LogP contribution in [0.4, 0.5) is 13.2 Å². The number of nitrogens with one attached hydrogen (secondary N) is 1. The van der Waals surface area contributed by atoms with Crippen LogP contribution >= 0.6 is 7.29 Å². The summed E-state index contributed by atoms with van der Waals surface area (Å²) in [7, 11) is -2.56. The van der Waals surface area contributed by atoms with Crippen molar-refractivity contribution in [2.75, 3.05) is 13.2 Å². The summed E-state index contributed by atoms with van der Waals surface area (Å²) in [6.45, 7) is 5.61. The standard InChI is InChI=1S/C14H15F3N3O2P/c1-3-8-18-23(2,21)9-10-4-6-11(7-5-10)12-19-13(22-20-12)14(15,16)17/h3-7H,1,8-9H2,2H3,(H,18,21). The highest BCUT2D eigenvalue weighted by Gasteiger charge is 2.38. The second kappa shape index (κ2) is 6.68. The van der Waals surface area contributed by atoms with Crippen LogP contribution in [0.3, 0.4) is 0 Å². The molecule has 23 heavy (non-hydrogen) atoms. The Morgan fingerprint density at radius 3 is 2.52 bits per heavy atom. The number of halogens is 3. The lowest BCUT2D eigenvalue weighted by atomic mass is 10.1. The third kappa shape index (κ3) is 4.77. The van der Waals surface area contributed by atoms with Crippen LogP contribution in [0, 0.1) is 0 Å². The molecular formula is C14H15F3N3O2P. The second-order valence-corrected chi connectivity index (χ2v) is 7.86. The Kier molecular flexibility index (Phi) is 5.06. The molecule has 0 saturated heterocycles. The van der Waals surface area contributed by atoms with Crippen molar-refractivity contribution in [1.82, 2.24) is 15.2 Å². The summed E-state index contributed by atoms with van der Waals surface area (Å²) in [5.74, 6) is -1.53.